The first-order valence-corrected chi connectivity index (χ1v) is 25.2. The van der Waals surface area contributed by atoms with Gasteiger partial charge in [0.25, 0.3) is 0 Å². The minimum Gasteiger partial charge on any atom is -0.462 e. The molecule has 6 heteroatoms. The van der Waals surface area contributed by atoms with Gasteiger partial charge in [-0.1, -0.05) is 231 Å². The van der Waals surface area contributed by atoms with E-state index in [2.05, 4.69) is 62.5 Å². The molecule has 3 atom stereocenters. The van der Waals surface area contributed by atoms with Crippen molar-refractivity contribution in [2.45, 2.75) is 277 Å². The van der Waals surface area contributed by atoms with Crippen molar-refractivity contribution in [2.75, 3.05) is 6.61 Å². The zero-order valence-electron chi connectivity index (χ0n) is 38.7. The highest BCUT2D eigenvalue weighted by Gasteiger charge is 2.24. The van der Waals surface area contributed by atoms with Crippen molar-refractivity contribution in [2.24, 2.45) is 0 Å². The summed E-state index contributed by atoms with van der Waals surface area (Å²) in [6, 6.07) is -0.708. The molecule has 0 saturated carbocycles. The molecule has 0 aromatic heterocycles. The Balaban J connectivity index is 4.66. The zero-order valence-corrected chi connectivity index (χ0v) is 38.7. The Labute approximate surface area is 360 Å². The highest BCUT2D eigenvalue weighted by atomic mass is 16.5. The fourth-order valence-corrected chi connectivity index (χ4v) is 7.67. The average Bonchev–Trinajstić information content (AvgIpc) is 3.22. The van der Waals surface area contributed by atoms with Crippen LogP contribution in [0.15, 0.2) is 36.5 Å². The summed E-state index contributed by atoms with van der Waals surface area (Å²) in [5.74, 6) is -0.499. The van der Waals surface area contributed by atoms with Crippen molar-refractivity contribution in [3.05, 3.63) is 36.5 Å². The van der Waals surface area contributed by atoms with E-state index in [0.717, 1.165) is 70.6 Å². The lowest BCUT2D eigenvalue weighted by molar-refractivity contribution is -0.151. The molecule has 0 radical (unpaired) electrons. The number of unbranched alkanes of at least 4 members (excludes halogenated alkanes) is 29. The van der Waals surface area contributed by atoms with Crippen LogP contribution in [0.1, 0.15) is 258 Å². The van der Waals surface area contributed by atoms with Crippen molar-refractivity contribution in [1.82, 2.24) is 5.32 Å². The van der Waals surface area contributed by atoms with E-state index in [1.807, 2.05) is 0 Å². The lowest BCUT2D eigenvalue weighted by Gasteiger charge is -2.24. The number of aliphatic hydroxyl groups is 2. The van der Waals surface area contributed by atoms with Crippen LogP contribution in [0.3, 0.4) is 0 Å². The third-order valence-corrected chi connectivity index (χ3v) is 11.5. The smallest absolute Gasteiger partial charge is 0.306 e. The van der Waals surface area contributed by atoms with Gasteiger partial charge in [0.05, 0.1) is 25.2 Å². The van der Waals surface area contributed by atoms with Gasteiger partial charge < -0.3 is 20.3 Å². The van der Waals surface area contributed by atoms with Gasteiger partial charge >= 0.3 is 5.97 Å². The molecule has 340 valence electrons. The summed E-state index contributed by atoms with van der Waals surface area (Å²) >= 11 is 0. The van der Waals surface area contributed by atoms with Crippen molar-refractivity contribution in [1.29, 1.82) is 0 Å². The van der Waals surface area contributed by atoms with E-state index in [9.17, 15) is 19.8 Å². The standard InChI is InChI=1S/C52H97NO5/c1-4-7-10-13-16-19-22-24-25-26-27-29-31-34-37-40-43-48(58-52(57)45-42-39-36-33-30-23-20-17-14-11-8-5-2)46-51(56)53-49(47-54)50(55)44-41-38-35-32-28-21-18-15-12-9-6-3/h22,24-27,29,48-50,54-55H,4-21,23,28,30-47H2,1-3H3,(H,53,56)/b24-22+,26-25+,29-27+. The minimum absolute atomic E-state index is 0.0583. The number of esters is 1. The molecule has 0 spiro atoms. The van der Waals surface area contributed by atoms with Crippen LogP contribution in [-0.2, 0) is 14.3 Å². The first kappa shape index (κ1) is 56.1. The van der Waals surface area contributed by atoms with Crippen molar-refractivity contribution in [3.63, 3.8) is 0 Å². The van der Waals surface area contributed by atoms with Crippen molar-refractivity contribution in [3.8, 4) is 0 Å². The monoisotopic (exact) mass is 816 g/mol. The number of hydrogen-bond donors (Lipinski definition) is 3. The van der Waals surface area contributed by atoms with Gasteiger partial charge in [0, 0.05) is 6.42 Å². The molecule has 0 aliphatic carbocycles. The topological polar surface area (TPSA) is 95.9 Å². The Morgan fingerprint density at radius 1 is 0.500 bits per heavy atom. The number of ether oxygens (including phenoxy) is 1. The first-order valence-electron chi connectivity index (χ1n) is 25.2. The normalized spacial score (nSPS) is 13.5. The molecule has 0 aromatic carbocycles. The SMILES string of the molecule is CCCCCCC/C=C/C=C/C=C/CCCCCC(CC(=O)NC(CO)C(O)CCCCCCCCCCCCC)OC(=O)CCCCCCCCCCCCCC. The van der Waals surface area contributed by atoms with E-state index < -0.39 is 18.2 Å². The van der Waals surface area contributed by atoms with E-state index in [4.69, 9.17) is 4.74 Å². The highest BCUT2D eigenvalue weighted by molar-refractivity contribution is 5.77. The van der Waals surface area contributed by atoms with Crippen LogP contribution in [0.2, 0.25) is 0 Å². The van der Waals surface area contributed by atoms with Crippen molar-refractivity contribution >= 4 is 11.9 Å². The molecule has 0 bridgehead atoms. The second kappa shape index (κ2) is 46.2. The number of allylic oxidation sites excluding steroid dienone is 6. The summed E-state index contributed by atoms with van der Waals surface area (Å²) in [6.07, 6.45) is 53.4. The fraction of sp³-hybridized carbons (Fsp3) is 0.846. The third-order valence-electron chi connectivity index (χ3n) is 11.5. The number of hydrogen-bond acceptors (Lipinski definition) is 5. The molecular weight excluding hydrogens is 719 g/mol. The predicted octanol–water partition coefficient (Wildman–Crippen LogP) is 14.9. The Kier molecular flexibility index (Phi) is 44.6. The maximum atomic E-state index is 13.2. The van der Waals surface area contributed by atoms with Crippen LogP contribution in [0.5, 0.6) is 0 Å². The molecule has 0 aliphatic rings. The second-order valence-corrected chi connectivity index (χ2v) is 17.3. The van der Waals surface area contributed by atoms with Crippen LogP contribution in [0, 0.1) is 0 Å². The minimum atomic E-state index is -0.793. The van der Waals surface area contributed by atoms with Crippen LogP contribution in [0.4, 0.5) is 0 Å². The molecular formula is C52H97NO5. The van der Waals surface area contributed by atoms with E-state index in [1.54, 1.807) is 0 Å². The van der Waals surface area contributed by atoms with E-state index in [1.165, 1.54) is 141 Å². The number of aliphatic hydroxyl groups excluding tert-OH is 2. The lowest BCUT2D eigenvalue weighted by Crippen LogP contribution is -2.46. The third kappa shape index (κ3) is 40.8. The van der Waals surface area contributed by atoms with Gasteiger partial charge in [0.15, 0.2) is 0 Å². The molecule has 0 aromatic rings. The summed E-state index contributed by atoms with van der Waals surface area (Å²) in [6.45, 7) is 6.45. The Morgan fingerprint density at radius 3 is 1.33 bits per heavy atom. The average molecular weight is 816 g/mol. The summed E-state index contributed by atoms with van der Waals surface area (Å²) < 4.78 is 5.91. The fourth-order valence-electron chi connectivity index (χ4n) is 7.67. The van der Waals surface area contributed by atoms with E-state index in [0.29, 0.717) is 19.3 Å². The number of carbonyl (C=O) groups is 2. The summed E-state index contributed by atoms with van der Waals surface area (Å²) in [5, 5.41) is 23.7. The second-order valence-electron chi connectivity index (χ2n) is 17.3. The van der Waals surface area contributed by atoms with Gasteiger partial charge in [0.1, 0.15) is 6.10 Å². The van der Waals surface area contributed by atoms with Crippen LogP contribution in [0.25, 0.3) is 0 Å². The molecule has 3 unspecified atom stereocenters. The van der Waals surface area contributed by atoms with Crippen molar-refractivity contribution < 1.29 is 24.5 Å². The number of amides is 1. The molecule has 1 amide bonds. The Bertz CT molecular complexity index is 961. The molecule has 0 saturated heterocycles. The quantitative estimate of drug-likeness (QED) is 0.0323. The van der Waals surface area contributed by atoms with Gasteiger partial charge in [-0.15, -0.1) is 0 Å². The van der Waals surface area contributed by atoms with Crippen LogP contribution >= 0.6 is 0 Å². The largest absolute Gasteiger partial charge is 0.462 e. The van der Waals surface area contributed by atoms with Crippen LogP contribution < -0.4 is 5.32 Å². The predicted molar refractivity (Wildman–Crippen MR) is 250 cm³/mol. The van der Waals surface area contributed by atoms with Gasteiger partial charge in [0.2, 0.25) is 5.91 Å². The van der Waals surface area contributed by atoms with E-state index >= 15 is 0 Å². The number of nitrogens with one attached hydrogen (secondary N) is 1. The molecule has 3 N–H and O–H groups in total. The molecule has 0 aliphatic heterocycles. The van der Waals surface area contributed by atoms with Gasteiger partial charge in [-0.05, 0) is 51.4 Å². The highest BCUT2D eigenvalue weighted by Crippen LogP contribution is 2.17. The first-order chi connectivity index (χ1) is 28.5. The summed E-state index contributed by atoms with van der Waals surface area (Å²) in [7, 11) is 0. The summed E-state index contributed by atoms with van der Waals surface area (Å²) in [4.78, 5) is 26.1. The van der Waals surface area contributed by atoms with E-state index in [-0.39, 0.29) is 24.9 Å². The maximum Gasteiger partial charge on any atom is 0.306 e. The number of rotatable bonds is 45. The summed E-state index contributed by atoms with van der Waals surface area (Å²) in [5.41, 5.74) is 0. The lowest BCUT2D eigenvalue weighted by atomic mass is 10.0. The maximum absolute atomic E-state index is 13.2. The molecule has 58 heavy (non-hydrogen) atoms. The van der Waals surface area contributed by atoms with Gasteiger partial charge in [-0.25, -0.2) is 0 Å². The zero-order chi connectivity index (χ0) is 42.4. The molecule has 0 fully saturated rings. The number of carbonyl (C=O) groups excluding carboxylic acids is 2. The Hall–Kier alpha value is -1.92. The van der Waals surface area contributed by atoms with Crippen LogP contribution in [-0.4, -0.2) is 46.9 Å². The van der Waals surface area contributed by atoms with Gasteiger partial charge in [-0.3, -0.25) is 9.59 Å². The Morgan fingerprint density at radius 2 is 0.879 bits per heavy atom. The molecule has 0 rings (SSSR count). The molecule has 0 heterocycles. The van der Waals surface area contributed by atoms with Gasteiger partial charge in [-0.2, -0.15) is 0 Å². The molecule has 6 nitrogen and oxygen atoms in total.